The van der Waals surface area contributed by atoms with Crippen molar-refractivity contribution in [2.24, 2.45) is 5.73 Å². The van der Waals surface area contributed by atoms with Crippen LogP contribution in [0.5, 0.6) is 5.75 Å². The Labute approximate surface area is 272 Å². The van der Waals surface area contributed by atoms with Crippen LogP contribution < -0.4 is 21.1 Å². The number of hydrogen-bond acceptors (Lipinski definition) is 7. The van der Waals surface area contributed by atoms with E-state index in [1.54, 1.807) is 19.4 Å². The Morgan fingerprint density at radius 1 is 0.935 bits per heavy atom. The van der Waals surface area contributed by atoms with Crippen molar-refractivity contribution in [2.45, 2.75) is 78.0 Å². The van der Waals surface area contributed by atoms with Gasteiger partial charge >= 0.3 is 0 Å². The minimum atomic E-state index is -0.907. The molecule has 0 bridgehead atoms. The first-order valence-corrected chi connectivity index (χ1v) is 16.0. The van der Waals surface area contributed by atoms with Gasteiger partial charge in [-0.15, -0.1) is 0 Å². The summed E-state index contributed by atoms with van der Waals surface area (Å²) in [4.78, 5) is 44.6. The number of aromatic nitrogens is 1. The third kappa shape index (κ3) is 12.3. The van der Waals surface area contributed by atoms with Gasteiger partial charge in [-0.3, -0.25) is 19.4 Å². The van der Waals surface area contributed by atoms with Gasteiger partial charge in [0.15, 0.2) is 0 Å². The number of aliphatic hydroxyl groups is 1. The highest BCUT2D eigenvalue weighted by atomic mass is 16.5. The molecule has 0 saturated heterocycles. The Morgan fingerprint density at radius 3 is 2.22 bits per heavy atom. The number of aryl methyl sites for hydroxylation is 1. The van der Waals surface area contributed by atoms with E-state index in [9.17, 15) is 19.5 Å². The number of hydrogen-bond donors (Lipinski definition) is 4. The van der Waals surface area contributed by atoms with Crippen molar-refractivity contribution >= 4 is 17.7 Å². The molecule has 0 aliphatic carbocycles. The van der Waals surface area contributed by atoms with Crippen molar-refractivity contribution in [1.29, 1.82) is 0 Å². The topological polar surface area (TPSA) is 147 Å². The average Bonchev–Trinajstić information content (AvgIpc) is 3.01. The number of primary amides is 1. The van der Waals surface area contributed by atoms with Crippen LogP contribution in [0.15, 0.2) is 60.8 Å². The first-order chi connectivity index (χ1) is 22.1. The van der Waals surface area contributed by atoms with Gasteiger partial charge in [0, 0.05) is 44.5 Å². The number of carbonyl (C=O) groups excluding carboxylic acids is 3. The summed E-state index contributed by atoms with van der Waals surface area (Å²) in [5.41, 5.74) is 10.3. The van der Waals surface area contributed by atoms with Crippen LogP contribution in [0.3, 0.4) is 0 Å². The molecular weight excluding hydrogens is 582 g/mol. The minimum Gasteiger partial charge on any atom is -0.497 e. The van der Waals surface area contributed by atoms with Crippen LogP contribution in [0.4, 0.5) is 0 Å². The third-order valence-corrected chi connectivity index (χ3v) is 7.58. The summed E-state index contributed by atoms with van der Waals surface area (Å²) in [6, 6.07) is 16.3. The molecule has 3 rings (SSSR count). The number of ether oxygens (including phenoxy) is 1. The van der Waals surface area contributed by atoms with Crippen LogP contribution in [-0.4, -0.2) is 71.6 Å². The standard InChI is InChI=1S/C36H49N5O5/c1-5-12-41(13-6-2)36(45)20-29-15-27(18-34(37)43)14-28(16-29)19-35(44)40-32(21-30-11-10-25(3)22-39-30)33(42)24-38-23-26-8-7-9-31(17-26)46-4/h7-11,14-17,22,32-33,38,42H,5-6,12-13,18-21,23-24H2,1-4H3,(H2,37,43)(H,40,44)/t32-,33+/m0/s1. The quantitative estimate of drug-likeness (QED) is 0.159. The fraction of sp³-hybridized carbons (Fsp3) is 0.444. The summed E-state index contributed by atoms with van der Waals surface area (Å²) in [5, 5.41) is 17.5. The molecule has 1 aromatic heterocycles. The molecule has 46 heavy (non-hydrogen) atoms. The molecule has 10 heteroatoms. The molecule has 3 amide bonds. The summed E-state index contributed by atoms with van der Waals surface area (Å²) in [6.45, 7) is 8.13. The summed E-state index contributed by atoms with van der Waals surface area (Å²) in [5.74, 6) is -0.0311. The second-order valence-corrected chi connectivity index (χ2v) is 11.8. The minimum absolute atomic E-state index is 0.00319. The van der Waals surface area contributed by atoms with E-state index in [2.05, 4.69) is 15.6 Å². The van der Waals surface area contributed by atoms with Gasteiger partial charge < -0.3 is 31.1 Å². The zero-order chi connectivity index (χ0) is 33.5. The van der Waals surface area contributed by atoms with Crippen LogP contribution >= 0.6 is 0 Å². The molecule has 2 atom stereocenters. The van der Waals surface area contributed by atoms with Crippen LogP contribution in [-0.2, 0) is 46.6 Å². The second kappa shape index (κ2) is 18.6. The number of nitrogens with one attached hydrogen (secondary N) is 2. The van der Waals surface area contributed by atoms with Gasteiger partial charge in [0.1, 0.15) is 5.75 Å². The zero-order valence-electron chi connectivity index (χ0n) is 27.6. The highest BCUT2D eigenvalue weighted by Crippen LogP contribution is 2.16. The van der Waals surface area contributed by atoms with Crippen LogP contribution in [0.25, 0.3) is 0 Å². The predicted molar refractivity (Wildman–Crippen MR) is 179 cm³/mol. The van der Waals surface area contributed by atoms with Gasteiger partial charge in [-0.1, -0.05) is 50.2 Å². The van der Waals surface area contributed by atoms with Crippen molar-refractivity contribution < 1.29 is 24.2 Å². The number of pyridine rings is 1. The van der Waals surface area contributed by atoms with Crippen molar-refractivity contribution in [3.8, 4) is 5.75 Å². The van der Waals surface area contributed by atoms with Crippen molar-refractivity contribution in [3.05, 3.63) is 94.3 Å². The Morgan fingerprint density at radius 2 is 1.61 bits per heavy atom. The van der Waals surface area contributed by atoms with E-state index in [0.717, 1.165) is 41.0 Å². The lowest BCUT2D eigenvalue weighted by Crippen LogP contribution is -2.49. The average molecular weight is 632 g/mol. The van der Waals surface area contributed by atoms with Gasteiger partial charge in [0.25, 0.3) is 0 Å². The van der Waals surface area contributed by atoms with Gasteiger partial charge in [0.2, 0.25) is 17.7 Å². The summed E-state index contributed by atoms with van der Waals surface area (Å²) >= 11 is 0. The SMILES string of the molecule is CCCN(CCC)C(=O)Cc1cc(CC(N)=O)cc(CC(=O)N[C@@H](Cc2ccc(C)cn2)[C@H](O)CNCc2cccc(OC)c2)c1. The number of carbonyl (C=O) groups is 3. The highest BCUT2D eigenvalue weighted by Gasteiger charge is 2.23. The van der Waals surface area contributed by atoms with Crippen LogP contribution in [0.1, 0.15) is 60.2 Å². The molecule has 0 aliphatic heterocycles. The molecule has 0 saturated carbocycles. The fourth-order valence-corrected chi connectivity index (χ4v) is 5.39. The smallest absolute Gasteiger partial charge is 0.226 e. The predicted octanol–water partition coefficient (Wildman–Crippen LogP) is 3.04. The lowest BCUT2D eigenvalue weighted by Gasteiger charge is -2.25. The van der Waals surface area contributed by atoms with Gasteiger partial charge in [-0.05, 0) is 65.8 Å². The molecule has 2 aromatic carbocycles. The van der Waals surface area contributed by atoms with E-state index >= 15 is 0 Å². The number of nitrogens with two attached hydrogens (primary N) is 1. The Hall–Kier alpha value is -4.28. The van der Waals surface area contributed by atoms with E-state index in [1.807, 2.05) is 74.2 Å². The number of benzene rings is 2. The van der Waals surface area contributed by atoms with Gasteiger partial charge in [0.05, 0.1) is 38.5 Å². The molecular formula is C36H49N5O5. The maximum Gasteiger partial charge on any atom is 0.226 e. The first kappa shape index (κ1) is 36.2. The molecule has 0 fully saturated rings. The maximum atomic E-state index is 13.4. The molecule has 248 valence electrons. The van der Waals surface area contributed by atoms with E-state index in [0.29, 0.717) is 37.2 Å². The Kier molecular flexibility index (Phi) is 14.7. The largest absolute Gasteiger partial charge is 0.497 e. The zero-order valence-corrected chi connectivity index (χ0v) is 27.6. The molecule has 0 unspecified atom stereocenters. The molecule has 5 N–H and O–H groups in total. The number of nitrogens with zero attached hydrogens (tertiary/aromatic N) is 2. The number of amides is 3. The molecule has 1 heterocycles. The van der Waals surface area contributed by atoms with E-state index in [4.69, 9.17) is 10.5 Å². The molecule has 0 spiro atoms. The van der Waals surface area contributed by atoms with Crippen molar-refractivity contribution in [3.63, 3.8) is 0 Å². The van der Waals surface area contributed by atoms with Crippen molar-refractivity contribution in [1.82, 2.24) is 20.5 Å². The lowest BCUT2D eigenvalue weighted by molar-refractivity contribution is -0.130. The van der Waals surface area contributed by atoms with Crippen LogP contribution in [0, 0.1) is 6.92 Å². The van der Waals surface area contributed by atoms with Crippen molar-refractivity contribution in [2.75, 3.05) is 26.7 Å². The van der Waals surface area contributed by atoms with Gasteiger partial charge in [-0.2, -0.15) is 0 Å². The first-order valence-electron chi connectivity index (χ1n) is 16.0. The molecule has 3 aromatic rings. The summed E-state index contributed by atoms with van der Waals surface area (Å²) in [7, 11) is 1.62. The third-order valence-electron chi connectivity index (χ3n) is 7.58. The van der Waals surface area contributed by atoms with E-state index in [1.165, 1.54) is 0 Å². The monoisotopic (exact) mass is 631 g/mol. The number of aliphatic hydroxyl groups excluding tert-OH is 1. The number of rotatable bonds is 19. The Bertz CT molecular complexity index is 1420. The normalized spacial score (nSPS) is 12.3. The van der Waals surface area contributed by atoms with Crippen LogP contribution in [0.2, 0.25) is 0 Å². The number of methoxy groups -OCH3 is 1. The second-order valence-electron chi connectivity index (χ2n) is 11.8. The lowest BCUT2D eigenvalue weighted by atomic mass is 9.98. The van der Waals surface area contributed by atoms with E-state index < -0.39 is 18.1 Å². The van der Waals surface area contributed by atoms with Gasteiger partial charge in [-0.25, -0.2) is 0 Å². The highest BCUT2D eigenvalue weighted by molar-refractivity contribution is 5.81. The summed E-state index contributed by atoms with van der Waals surface area (Å²) in [6.07, 6.45) is 3.08. The Balaban J connectivity index is 1.75. The molecule has 10 nitrogen and oxygen atoms in total. The van der Waals surface area contributed by atoms with E-state index in [-0.39, 0.29) is 37.6 Å². The molecule has 0 aliphatic rings. The summed E-state index contributed by atoms with van der Waals surface area (Å²) < 4.78 is 5.30. The maximum absolute atomic E-state index is 13.4. The molecule has 0 radical (unpaired) electrons. The fourth-order valence-electron chi connectivity index (χ4n) is 5.39.